The highest BCUT2D eigenvalue weighted by Crippen LogP contribution is 2.69. The molecule has 0 aromatic rings. The van der Waals surface area contributed by atoms with Crippen LogP contribution in [0.2, 0.25) is 11.1 Å². The first-order chi connectivity index (χ1) is 7.64. The molecule has 3 heteroatoms. The van der Waals surface area contributed by atoms with Crippen molar-refractivity contribution in [3.8, 4) is 0 Å². The Hall–Kier alpha value is 0.277. The summed E-state index contributed by atoms with van der Waals surface area (Å²) < 4.78 is 0. The molecule has 0 unspecified atom stereocenters. The number of hydrogen-bond donors (Lipinski definition) is 0. The number of allylic oxidation sites excluding steroid dienone is 4. The van der Waals surface area contributed by atoms with Gasteiger partial charge in [0.1, 0.15) is 0 Å². The van der Waals surface area contributed by atoms with Crippen LogP contribution < -0.4 is 0 Å². The van der Waals surface area contributed by atoms with Gasteiger partial charge in [0.2, 0.25) is 0 Å². The van der Waals surface area contributed by atoms with Crippen LogP contribution in [0, 0.1) is 11.3 Å². The third-order valence-electron chi connectivity index (χ3n) is 4.01. The molecule has 96 valence electrons. The van der Waals surface area contributed by atoms with Crippen molar-refractivity contribution in [3.63, 3.8) is 0 Å². The van der Waals surface area contributed by atoms with E-state index in [1.165, 1.54) is 11.1 Å². The Balaban J connectivity index is 2.26. The number of fused-ring (bicyclic) bond motifs is 1. The summed E-state index contributed by atoms with van der Waals surface area (Å²) in [4.78, 5) is 0. The second kappa shape index (κ2) is 4.14. The first-order valence-electron chi connectivity index (χ1n) is 6.38. The summed E-state index contributed by atoms with van der Waals surface area (Å²) in [6.07, 6.45) is 5.67. The van der Waals surface area contributed by atoms with Gasteiger partial charge in [0.05, 0.1) is 0 Å². The Morgan fingerprint density at radius 2 is 1.88 bits per heavy atom. The SMILES string of the molecule is CC(C)=C1C=C[C@@H]2[C@H]1[C@H](CC(C)(C)C)[Si]2(Cl)Cl. The molecule has 1 fully saturated rings. The lowest BCUT2D eigenvalue weighted by molar-refractivity contribution is 0.315. The molecule has 0 radical (unpaired) electrons. The van der Waals surface area contributed by atoms with Gasteiger partial charge in [-0.05, 0) is 42.7 Å². The van der Waals surface area contributed by atoms with Crippen LogP contribution in [0.4, 0.5) is 0 Å². The molecule has 0 spiro atoms. The fourth-order valence-corrected chi connectivity index (χ4v) is 8.94. The van der Waals surface area contributed by atoms with E-state index in [1.54, 1.807) is 0 Å². The predicted molar refractivity (Wildman–Crippen MR) is 80.0 cm³/mol. The van der Waals surface area contributed by atoms with Crippen molar-refractivity contribution in [2.75, 3.05) is 0 Å². The van der Waals surface area contributed by atoms with Gasteiger partial charge < -0.3 is 0 Å². The van der Waals surface area contributed by atoms with Gasteiger partial charge in [-0.25, -0.2) is 0 Å². The Kier molecular flexibility index (Phi) is 3.34. The van der Waals surface area contributed by atoms with Crippen molar-refractivity contribution in [2.24, 2.45) is 11.3 Å². The summed E-state index contributed by atoms with van der Waals surface area (Å²) in [5, 5.41) is 0. The van der Waals surface area contributed by atoms with Crippen LogP contribution in [-0.4, -0.2) is 6.69 Å². The van der Waals surface area contributed by atoms with Crippen molar-refractivity contribution in [2.45, 2.75) is 52.1 Å². The topological polar surface area (TPSA) is 0 Å². The summed E-state index contributed by atoms with van der Waals surface area (Å²) in [6, 6.07) is 0. The van der Waals surface area contributed by atoms with Crippen LogP contribution >= 0.6 is 22.2 Å². The van der Waals surface area contributed by atoms with Gasteiger partial charge in [0, 0.05) is 5.54 Å². The molecule has 0 aromatic heterocycles. The van der Waals surface area contributed by atoms with Crippen LogP contribution in [0.25, 0.3) is 0 Å². The number of hydrogen-bond acceptors (Lipinski definition) is 0. The van der Waals surface area contributed by atoms with Crippen molar-refractivity contribution >= 4 is 28.9 Å². The minimum absolute atomic E-state index is 0.313. The van der Waals surface area contributed by atoms with Gasteiger partial charge in [0.15, 0.2) is 0 Å². The predicted octanol–water partition coefficient (Wildman–Crippen LogP) is 5.62. The van der Waals surface area contributed by atoms with E-state index in [2.05, 4.69) is 46.8 Å². The molecular formula is C14H22Cl2Si. The molecule has 0 nitrogen and oxygen atoms in total. The zero-order valence-electron chi connectivity index (χ0n) is 11.3. The maximum atomic E-state index is 6.68. The zero-order valence-corrected chi connectivity index (χ0v) is 13.9. The molecule has 2 aliphatic rings. The summed E-state index contributed by atoms with van der Waals surface area (Å²) in [7, 11) is 0. The third kappa shape index (κ3) is 2.26. The first kappa shape index (κ1) is 13.7. The van der Waals surface area contributed by atoms with E-state index in [9.17, 15) is 0 Å². The van der Waals surface area contributed by atoms with E-state index >= 15 is 0 Å². The lowest BCUT2D eigenvalue weighted by Crippen LogP contribution is -2.51. The molecule has 0 aromatic carbocycles. The summed E-state index contributed by atoms with van der Waals surface area (Å²) in [5.74, 6) is 0.612. The smallest absolute Gasteiger partial charge is 0.145 e. The van der Waals surface area contributed by atoms with Crippen LogP contribution in [-0.2, 0) is 0 Å². The minimum atomic E-state index is -2.08. The number of rotatable bonds is 1. The van der Waals surface area contributed by atoms with Crippen LogP contribution in [0.1, 0.15) is 41.0 Å². The summed E-state index contributed by atoms with van der Waals surface area (Å²) >= 11 is 13.4. The van der Waals surface area contributed by atoms with Gasteiger partial charge in [0.25, 0.3) is 6.69 Å². The Bertz CT molecular complexity index is 384. The zero-order chi connectivity index (χ0) is 13.0. The molecule has 0 saturated carbocycles. The summed E-state index contributed by atoms with van der Waals surface area (Å²) in [6.45, 7) is 9.15. The largest absolute Gasteiger partial charge is 0.262 e. The third-order valence-corrected chi connectivity index (χ3v) is 10.2. The van der Waals surface area contributed by atoms with Gasteiger partial charge in [-0.2, -0.15) is 0 Å². The van der Waals surface area contributed by atoms with Gasteiger partial charge in [-0.15, -0.1) is 22.2 Å². The molecule has 0 bridgehead atoms. The molecule has 2 rings (SSSR count). The highest BCUT2D eigenvalue weighted by atomic mass is 35.7. The summed E-state index contributed by atoms with van der Waals surface area (Å²) in [5.41, 5.74) is 4.21. The average Bonchev–Trinajstić information content (AvgIpc) is 2.54. The lowest BCUT2D eigenvalue weighted by Gasteiger charge is -2.52. The number of halogens is 2. The minimum Gasteiger partial charge on any atom is -0.145 e. The molecule has 17 heavy (non-hydrogen) atoms. The molecule has 1 aliphatic carbocycles. The fourth-order valence-electron chi connectivity index (χ4n) is 3.26. The van der Waals surface area contributed by atoms with Crippen LogP contribution in [0.3, 0.4) is 0 Å². The van der Waals surface area contributed by atoms with Crippen molar-refractivity contribution in [1.29, 1.82) is 0 Å². The molecular weight excluding hydrogens is 267 g/mol. The van der Waals surface area contributed by atoms with E-state index in [-0.39, 0.29) is 0 Å². The standard InChI is InChI=1S/C14H22Cl2Si/c1-9(2)10-6-7-11-13(10)12(17(11,15)16)8-14(3,4)5/h6-7,11-13H,8H2,1-5H3/t11-,12+,13+/m1/s1. The quantitative estimate of drug-likeness (QED) is 0.434. The molecule has 1 heterocycles. The molecule has 1 saturated heterocycles. The monoisotopic (exact) mass is 288 g/mol. The van der Waals surface area contributed by atoms with E-state index in [1.807, 2.05) is 0 Å². The Morgan fingerprint density at radius 1 is 1.29 bits per heavy atom. The molecule has 0 amide bonds. The van der Waals surface area contributed by atoms with Gasteiger partial charge >= 0.3 is 0 Å². The maximum absolute atomic E-state index is 6.68. The molecule has 1 aliphatic heterocycles. The van der Waals surface area contributed by atoms with Crippen molar-refractivity contribution in [1.82, 2.24) is 0 Å². The van der Waals surface area contributed by atoms with Gasteiger partial charge in [-0.3, -0.25) is 0 Å². The highest BCUT2D eigenvalue weighted by Gasteiger charge is 2.64. The van der Waals surface area contributed by atoms with Gasteiger partial charge in [-0.1, -0.05) is 38.5 Å². The van der Waals surface area contributed by atoms with E-state index in [0.29, 0.717) is 22.4 Å². The van der Waals surface area contributed by atoms with Crippen LogP contribution in [0.15, 0.2) is 23.3 Å². The fraction of sp³-hybridized carbons (Fsp3) is 0.714. The van der Waals surface area contributed by atoms with E-state index in [0.717, 1.165) is 6.42 Å². The first-order valence-corrected chi connectivity index (χ1v) is 10.6. The van der Waals surface area contributed by atoms with Crippen molar-refractivity contribution in [3.05, 3.63) is 23.3 Å². The molecule has 3 atom stereocenters. The highest BCUT2D eigenvalue weighted by molar-refractivity contribution is 7.48. The normalized spacial score (nSPS) is 34.5. The second-order valence-electron chi connectivity index (χ2n) is 6.91. The Morgan fingerprint density at radius 3 is 2.35 bits per heavy atom. The van der Waals surface area contributed by atoms with Crippen LogP contribution in [0.5, 0.6) is 0 Å². The maximum Gasteiger partial charge on any atom is 0.262 e. The lowest BCUT2D eigenvalue weighted by atomic mass is 9.82. The van der Waals surface area contributed by atoms with E-state index in [4.69, 9.17) is 22.2 Å². The Labute approximate surface area is 115 Å². The van der Waals surface area contributed by atoms with Crippen molar-refractivity contribution < 1.29 is 0 Å². The second-order valence-corrected chi connectivity index (χ2v) is 14.0. The average molecular weight is 289 g/mol. The van der Waals surface area contributed by atoms with E-state index < -0.39 is 6.69 Å². The molecule has 0 N–H and O–H groups in total.